The predicted molar refractivity (Wildman–Crippen MR) is 155 cm³/mol. The number of non-ortho nitro benzene ring substituents is 1. The van der Waals surface area contributed by atoms with E-state index in [1.807, 2.05) is 6.92 Å². The van der Waals surface area contributed by atoms with Crippen LogP contribution in [0.15, 0.2) is 97.1 Å². The molecule has 0 unspecified atom stereocenters. The third kappa shape index (κ3) is 4.95. The van der Waals surface area contributed by atoms with Gasteiger partial charge >= 0.3 is 5.97 Å². The zero-order chi connectivity index (χ0) is 30.2. The lowest BCUT2D eigenvalue weighted by Crippen LogP contribution is -2.37. The van der Waals surface area contributed by atoms with Gasteiger partial charge in [0, 0.05) is 12.1 Å². The first-order valence-corrected chi connectivity index (χ1v) is 13.4. The summed E-state index contributed by atoms with van der Waals surface area (Å²) in [7, 11) is 1.41. The molecule has 2 aliphatic rings. The fourth-order valence-corrected chi connectivity index (χ4v) is 5.35. The number of aryl methyl sites for hydroxylation is 1. The monoisotopic (exact) mass is 579 g/mol. The maximum Gasteiger partial charge on any atom is 0.343 e. The summed E-state index contributed by atoms with van der Waals surface area (Å²) in [6.07, 6.45) is -1.18. The summed E-state index contributed by atoms with van der Waals surface area (Å²) in [6, 6.07) is 25.1. The summed E-state index contributed by atoms with van der Waals surface area (Å²) in [5, 5.41) is 12.9. The summed E-state index contributed by atoms with van der Waals surface area (Å²) in [4.78, 5) is 58.5. The molecule has 43 heavy (non-hydrogen) atoms. The molecule has 11 heteroatoms. The van der Waals surface area contributed by atoms with Gasteiger partial charge in [-0.15, -0.1) is 0 Å². The van der Waals surface area contributed by atoms with E-state index in [9.17, 15) is 24.5 Å². The molecule has 216 valence electrons. The summed E-state index contributed by atoms with van der Waals surface area (Å²) in [5.74, 6) is -2.24. The van der Waals surface area contributed by atoms with Crippen molar-refractivity contribution >= 4 is 34.8 Å². The molecular formula is C32H25N3O8. The van der Waals surface area contributed by atoms with Crippen molar-refractivity contribution in [3.8, 4) is 11.5 Å². The van der Waals surface area contributed by atoms with E-state index in [1.165, 1.54) is 36.4 Å². The van der Waals surface area contributed by atoms with Gasteiger partial charge in [0.2, 0.25) is 5.91 Å². The second-order valence-electron chi connectivity index (χ2n) is 10.1. The lowest BCUT2D eigenvalue weighted by Gasteiger charge is -2.29. The average molecular weight is 580 g/mol. The number of ether oxygens (including phenoxy) is 2. The number of anilines is 2. The van der Waals surface area contributed by atoms with Crippen molar-refractivity contribution in [2.24, 2.45) is 5.92 Å². The lowest BCUT2D eigenvalue weighted by atomic mass is 9.90. The number of carbonyl (C=O) groups excluding carboxylic acids is 3. The van der Waals surface area contributed by atoms with Gasteiger partial charge in [0.1, 0.15) is 5.92 Å². The van der Waals surface area contributed by atoms with E-state index in [0.717, 1.165) is 10.5 Å². The molecule has 0 aliphatic carbocycles. The van der Waals surface area contributed by atoms with Crippen LogP contribution in [0.4, 0.5) is 17.1 Å². The van der Waals surface area contributed by atoms with E-state index in [2.05, 4.69) is 0 Å². The Kier molecular flexibility index (Phi) is 7.08. The number of carbonyl (C=O) groups is 3. The smallest absolute Gasteiger partial charge is 0.343 e. The Labute approximate surface area is 245 Å². The fraction of sp³-hybridized carbons (Fsp3) is 0.156. The molecule has 3 atom stereocenters. The standard InChI is InChI=1S/C32H25N3O8/c1-19-11-14-22(15-12-19)33-30(36)27-28(34(43-29(27)31(33)37)23-9-6-10-24(18-23)35(39)40)21-13-16-25(26(17-21)41-2)42-32(38)20-7-4-3-5-8-20/h3-18,27-29H,1-2H3/t27-,28+,29-/m1/s1. The highest BCUT2D eigenvalue weighted by atomic mass is 16.7. The normalized spacial score (nSPS) is 19.3. The molecule has 0 saturated carbocycles. The van der Waals surface area contributed by atoms with Gasteiger partial charge in [-0.1, -0.05) is 48.0 Å². The molecule has 2 heterocycles. The van der Waals surface area contributed by atoms with Crippen molar-refractivity contribution in [1.29, 1.82) is 0 Å². The first kappa shape index (κ1) is 27.6. The van der Waals surface area contributed by atoms with E-state index < -0.39 is 40.8 Å². The van der Waals surface area contributed by atoms with E-state index in [-0.39, 0.29) is 22.9 Å². The topological polar surface area (TPSA) is 129 Å². The molecule has 11 nitrogen and oxygen atoms in total. The summed E-state index contributed by atoms with van der Waals surface area (Å²) in [5.41, 5.74) is 2.34. The van der Waals surface area contributed by atoms with Gasteiger partial charge in [0.15, 0.2) is 17.6 Å². The zero-order valence-corrected chi connectivity index (χ0v) is 23.1. The van der Waals surface area contributed by atoms with Crippen LogP contribution < -0.4 is 19.4 Å². The van der Waals surface area contributed by atoms with Crippen LogP contribution >= 0.6 is 0 Å². The molecule has 0 bridgehead atoms. The third-order valence-corrected chi connectivity index (χ3v) is 7.44. The molecule has 6 rings (SSSR count). The second kappa shape index (κ2) is 11.0. The molecule has 2 aliphatic heterocycles. The van der Waals surface area contributed by atoms with Gasteiger partial charge < -0.3 is 9.47 Å². The largest absolute Gasteiger partial charge is 0.493 e. The van der Waals surface area contributed by atoms with Crippen molar-refractivity contribution in [2.75, 3.05) is 17.1 Å². The zero-order valence-electron chi connectivity index (χ0n) is 23.1. The highest BCUT2D eigenvalue weighted by Crippen LogP contribution is 2.49. The summed E-state index contributed by atoms with van der Waals surface area (Å²) in [6.45, 7) is 1.90. The Hall–Kier alpha value is -5.55. The summed E-state index contributed by atoms with van der Waals surface area (Å²) < 4.78 is 11.1. The molecule has 4 aromatic rings. The minimum atomic E-state index is -1.18. The number of benzene rings is 4. The maximum atomic E-state index is 13.9. The lowest BCUT2D eigenvalue weighted by molar-refractivity contribution is -0.384. The van der Waals surface area contributed by atoms with Crippen LogP contribution in [0.25, 0.3) is 0 Å². The molecule has 4 aromatic carbocycles. The average Bonchev–Trinajstić information content (AvgIpc) is 3.53. The van der Waals surface area contributed by atoms with Gasteiger partial charge in [-0.05, 0) is 55.0 Å². The van der Waals surface area contributed by atoms with E-state index >= 15 is 0 Å². The van der Waals surface area contributed by atoms with Gasteiger partial charge in [0.25, 0.3) is 11.6 Å². The van der Waals surface area contributed by atoms with E-state index in [0.29, 0.717) is 16.8 Å². The van der Waals surface area contributed by atoms with Gasteiger partial charge in [0.05, 0.1) is 35.0 Å². The number of hydrogen-bond donors (Lipinski definition) is 0. The number of hydroxylamine groups is 1. The molecule has 2 saturated heterocycles. The van der Waals surface area contributed by atoms with Crippen LogP contribution in [-0.4, -0.2) is 35.9 Å². The number of methoxy groups -OCH3 is 1. The van der Waals surface area contributed by atoms with Crippen molar-refractivity contribution in [2.45, 2.75) is 19.1 Å². The van der Waals surface area contributed by atoms with Crippen molar-refractivity contribution in [3.05, 3.63) is 124 Å². The highest BCUT2D eigenvalue weighted by molar-refractivity contribution is 6.24. The maximum absolute atomic E-state index is 13.9. The van der Waals surface area contributed by atoms with Gasteiger partial charge in [-0.3, -0.25) is 24.5 Å². The minimum absolute atomic E-state index is 0.146. The van der Waals surface area contributed by atoms with Gasteiger partial charge in [-0.2, -0.15) is 0 Å². The minimum Gasteiger partial charge on any atom is -0.493 e. The number of fused-ring (bicyclic) bond motifs is 1. The first-order chi connectivity index (χ1) is 20.8. The number of hydrogen-bond acceptors (Lipinski definition) is 9. The molecule has 2 amide bonds. The number of imide groups is 1. The van der Waals surface area contributed by atoms with Gasteiger partial charge in [-0.25, -0.2) is 14.8 Å². The first-order valence-electron chi connectivity index (χ1n) is 13.4. The number of nitro benzene ring substituents is 1. The Balaban J connectivity index is 1.40. The second-order valence-corrected chi connectivity index (χ2v) is 10.1. The van der Waals surface area contributed by atoms with Crippen LogP contribution in [0.2, 0.25) is 0 Å². The molecule has 0 radical (unpaired) electrons. The van der Waals surface area contributed by atoms with Crippen LogP contribution in [0.3, 0.4) is 0 Å². The molecule has 2 fully saturated rings. The SMILES string of the molecule is COc1cc([C@H]2[C@H]3C(=O)N(c4ccc(C)cc4)C(=O)[C@@H]3ON2c2cccc([N+](=O)[O-])c2)ccc1OC(=O)c1ccccc1. The molecular weight excluding hydrogens is 554 g/mol. The van der Waals surface area contributed by atoms with Crippen LogP contribution in [0.1, 0.15) is 27.5 Å². The molecule has 0 spiro atoms. The number of esters is 1. The fourth-order valence-electron chi connectivity index (χ4n) is 5.35. The number of nitro groups is 1. The van der Waals surface area contributed by atoms with Crippen molar-refractivity contribution in [1.82, 2.24) is 0 Å². The van der Waals surface area contributed by atoms with Crippen molar-refractivity contribution in [3.63, 3.8) is 0 Å². The molecule has 0 N–H and O–H groups in total. The Morgan fingerprint density at radius 3 is 2.30 bits per heavy atom. The van der Waals surface area contributed by atoms with Crippen LogP contribution in [-0.2, 0) is 14.4 Å². The Morgan fingerprint density at radius 2 is 1.60 bits per heavy atom. The predicted octanol–water partition coefficient (Wildman–Crippen LogP) is 5.18. The summed E-state index contributed by atoms with van der Waals surface area (Å²) >= 11 is 0. The Bertz CT molecular complexity index is 1740. The van der Waals surface area contributed by atoms with Crippen molar-refractivity contribution < 1.29 is 33.6 Å². The van der Waals surface area contributed by atoms with Crippen LogP contribution in [0.5, 0.6) is 11.5 Å². The number of nitrogens with zero attached hydrogens (tertiary/aromatic N) is 3. The number of rotatable bonds is 7. The Morgan fingerprint density at radius 1 is 0.860 bits per heavy atom. The van der Waals surface area contributed by atoms with E-state index in [4.69, 9.17) is 14.3 Å². The number of amides is 2. The molecule has 0 aromatic heterocycles. The quantitative estimate of drug-likeness (QED) is 0.0956. The highest BCUT2D eigenvalue weighted by Gasteiger charge is 2.60. The van der Waals surface area contributed by atoms with E-state index in [1.54, 1.807) is 72.8 Å². The van der Waals surface area contributed by atoms with Crippen LogP contribution in [0, 0.1) is 23.0 Å². The third-order valence-electron chi connectivity index (χ3n) is 7.44.